The summed E-state index contributed by atoms with van der Waals surface area (Å²) in [5.74, 6) is -12.8. The fourth-order valence-corrected chi connectivity index (χ4v) is 7.15. The second-order valence-electron chi connectivity index (χ2n) is 12.0. The van der Waals surface area contributed by atoms with Gasteiger partial charge in [0.15, 0.2) is 45.7 Å². The average Bonchev–Trinajstić information content (AvgIpc) is 3.55. The van der Waals surface area contributed by atoms with Crippen LogP contribution in [-0.4, -0.2) is 66.4 Å². The van der Waals surface area contributed by atoms with Gasteiger partial charge in [-0.1, -0.05) is 61.2 Å². The molecule has 13 N–H and O–H groups in total. The number of benzene rings is 7. The molecule has 1 heterocycles. The number of phenolic OH excluding ortho intramolecular Hbond substituents is 13. The van der Waals surface area contributed by atoms with Crippen LogP contribution in [0.1, 0.15) is 5.56 Å². The van der Waals surface area contributed by atoms with Gasteiger partial charge < -0.3 is 70.8 Å². The summed E-state index contributed by atoms with van der Waals surface area (Å²) in [6.07, 6.45) is 1.08. The molecule has 14 nitrogen and oxygen atoms in total. The maximum absolute atomic E-state index is 12.1. The Labute approximate surface area is 288 Å². The molecule has 8 rings (SSSR count). The van der Waals surface area contributed by atoms with E-state index in [0.717, 1.165) is 6.08 Å². The third-order valence-electron chi connectivity index (χ3n) is 9.45. The van der Waals surface area contributed by atoms with Crippen LogP contribution < -0.4 is 0 Å². The molecule has 0 aliphatic rings. The van der Waals surface area contributed by atoms with Gasteiger partial charge >= 0.3 is 0 Å². The van der Waals surface area contributed by atoms with Crippen LogP contribution in [0.3, 0.4) is 0 Å². The molecule has 52 heavy (non-hydrogen) atoms. The lowest BCUT2D eigenvalue weighted by molar-refractivity contribution is 0.330. The minimum absolute atomic E-state index is 0.0244. The van der Waals surface area contributed by atoms with Gasteiger partial charge in [-0.3, -0.25) is 0 Å². The standard InChI is InChI=1S/C38H24O14/c1-2-11-18-23-26(41)21-22(31(46)38(23)52-37(18)36(51)32(47)24(11)39)28(43)27(42)19(25(21)40)16-12-7-3-5-9-14(12)17(15-10-6-4-8-13(15)16)20-29(44)33(48)35(50)34(49)30(20)45/h2-10,39-51H,1H2. The second kappa shape index (κ2) is 10.4. The highest BCUT2D eigenvalue weighted by molar-refractivity contribution is 6.28. The first-order valence-corrected chi connectivity index (χ1v) is 15.2. The van der Waals surface area contributed by atoms with Gasteiger partial charge in [-0.2, -0.15) is 0 Å². The maximum atomic E-state index is 12.1. The number of furan rings is 1. The number of rotatable bonds is 3. The first kappa shape index (κ1) is 31.5. The van der Waals surface area contributed by atoms with Crippen LogP contribution >= 0.6 is 0 Å². The predicted octanol–water partition coefficient (Wildman–Crippen LogP) is 7.20. The number of fused-ring (bicyclic) bond motifs is 6. The number of aromatic hydroxyl groups is 13. The minimum Gasteiger partial charge on any atom is -0.506 e. The van der Waals surface area contributed by atoms with Gasteiger partial charge in [0.05, 0.1) is 27.3 Å². The quantitative estimate of drug-likeness (QED) is 0.0492. The summed E-state index contributed by atoms with van der Waals surface area (Å²) in [7, 11) is 0. The van der Waals surface area contributed by atoms with Crippen molar-refractivity contribution in [2.75, 3.05) is 0 Å². The first-order valence-electron chi connectivity index (χ1n) is 15.2. The van der Waals surface area contributed by atoms with Gasteiger partial charge in [0, 0.05) is 22.1 Å². The summed E-state index contributed by atoms with van der Waals surface area (Å²) in [5.41, 5.74) is -2.19. The van der Waals surface area contributed by atoms with Crippen LogP contribution in [0.4, 0.5) is 0 Å². The van der Waals surface area contributed by atoms with Gasteiger partial charge in [0.25, 0.3) is 0 Å². The SMILES string of the molecule is C=Cc1c(O)c(O)c(O)c2oc3c(O)c4c(O)c(O)c(-c5c6ccccc6c(-c6c(O)c(O)c(O)c(O)c6O)c6ccccc56)c(O)c4c(O)c3c12. The lowest BCUT2D eigenvalue weighted by atomic mass is 9.83. The molecular weight excluding hydrogens is 680 g/mol. The monoisotopic (exact) mass is 704 g/mol. The van der Waals surface area contributed by atoms with Crippen molar-refractivity contribution in [3.63, 3.8) is 0 Å². The van der Waals surface area contributed by atoms with Gasteiger partial charge in [-0.05, 0) is 21.5 Å². The van der Waals surface area contributed by atoms with Crippen molar-refractivity contribution in [1.29, 1.82) is 0 Å². The normalized spacial score (nSPS) is 11.8. The largest absolute Gasteiger partial charge is 0.506 e. The van der Waals surface area contributed by atoms with Crippen molar-refractivity contribution < 1.29 is 70.8 Å². The molecule has 1 aromatic heterocycles. The molecule has 0 aliphatic heterocycles. The highest BCUT2D eigenvalue weighted by atomic mass is 16.4. The summed E-state index contributed by atoms with van der Waals surface area (Å²) in [5, 5.41) is 142. The molecule has 0 aliphatic carbocycles. The van der Waals surface area contributed by atoms with Crippen LogP contribution in [0.5, 0.6) is 74.7 Å². The summed E-state index contributed by atoms with van der Waals surface area (Å²) in [6.45, 7) is 3.59. The summed E-state index contributed by atoms with van der Waals surface area (Å²) in [6, 6.07) is 12.4. The molecule has 8 aromatic rings. The van der Waals surface area contributed by atoms with Crippen molar-refractivity contribution in [2.45, 2.75) is 0 Å². The van der Waals surface area contributed by atoms with E-state index in [1.54, 1.807) is 24.3 Å². The Bertz CT molecular complexity index is 2870. The summed E-state index contributed by atoms with van der Waals surface area (Å²) >= 11 is 0. The zero-order valence-corrected chi connectivity index (χ0v) is 26.1. The Balaban J connectivity index is 1.59. The van der Waals surface area contributed by atoms with E-state index < -0.39 is 108 Å². The van der Waals surface area contributed by atoms with Crippen LogP contribution in [-0.2, 0) is 0 Å². The number of hydrogen-bond donors (Lipinski definition) is 13. The topological polar surface area (TPSA) is 276 Å². The molecule has 0 fully saturated rings. The fourth-order valence-electron chi connectivity index (χ4n) is 7.15. The van der Waals surface area contributed by atoms with Crippen molar-refractivity contribution in [3.8, 4) is 97.0 Å². The third kappa shape index (κ3) is 3.66. The van der Waals surface area contributed by atoms with Crippen molar-refractivity contribution in [2.24, 2.45) is 0 Å². The number of hydrogen-bond acceptors (Lipinski definition) is 14. The predicted molar refractivity (Wildman–Crippen MR) is 189 cm³/mol. The second-order valence-corrected chi connectivity index (χ2v) is 12.0. The van der Waals surface area contributed by atoms with E-state index in [-0.39, 0.29) is 49.0 Å². The lowest BCUT2D eigenvalue weighted by Gasteiger charge is -2.22. The minimum atomic E-state index is -1.17. The number of phenols is 13. The average molecular weight is 705 g/mol. The van der Waals surface area contributed by atoms with E-state index in [1.165, 1.54) is 24.3 Å². The molecule has 14 heteroatoms. The Morgan fingerprint density at radius 2 is 0.731 bits per heavy atom. The molecule has 0 radical (unpaired) electrons. The Hall–Kier alpha value is -7.74. The molecule has 0 amide bonds. The zero-order valence-electron chi connectivity index (χ0n) is 26.1. The highest BCUT2D eigenvalue weighted by Crippen LogP contribution is 2.62. The van der Waals surface area contributed by atoms with Crippen LogP contribution in [0, 0.1) is 0 Å². The summed E-state index contributed by atoms with van der Waals surface area (Å²) in [4.78, 5) is 0. The fraction of sp³-hybridized carbons (Fsp3) is 0. The molecule has 0 bridgehead atoms. The van der Waals surface area contributed by atoms with Crippen LogP contribution in [0.25, 0.3) is 82.6 Å². The third-order valence-corrected chi connectivity index (χ3v) is 9.45. The van der Waals surface area contributed by atoms with E-state index in [0.29, 0.717) is 0 Å². The van der Waals surface area contributed by atoms with Crippen molar-refractivity contribution in [3.05, 3.63) is 60.7 Å². The molecular formula is C38H24O14. The highest BCUT2D eigenvalue weighted by Gasteiger charge is 2.34. The van der Waals surface area contributed by atoms with E-state index in [4.69, 9.17) is 4.42 Å². The van der Waals surface area contributed by atoms with E-state index in [2.05, 4.69) is 6.58 Å². The molecule has 0 saturated carbocycles. The Kier molecular flexibility index (Phi) is 6.29. The Morgan fingerprint density at radius 1 is 0.346 bits per heavy atom. The van der Waals surface area contributed by atoms with Gasteiger partial charge in [0.1, 0.15) is 11.5 Å². The lowest BCUT2D eigenvalue weighted by Crippen LogP contribution is -1.94. The zero-order chi connectivity index (χ0) is 37.2. The van der Waals surface area contributed by atoms with Crippen LogP contribution in [0.15, 0.2) is 59.5 Å². The Morgan fingerprint density at radius 3 is 1.21 bits per heavy atom. The van der Waals surface area contributed by atoms with E-state index >= 15 is 0 Å². The van der Waals surface area contributed by atoms with E-state index in [9.17, 15) is 66.4 Å². The smallest absolute Gasteiger partial charge is 0.208 e. The molecule has 260 valence electrons. The van der Waals surface area contributed by atoms with Gasteiger partial charge in [-0.25, -0.2) is 0 Å². The van der Waals surface area contributed by atoms with Crippen molar-refractivity contribution in [1.82, 2.24) is 0 Å². The molecule has 0 atom stereocenters. The molecule has 0 spiro atoms. The van der Waals surface area contributed by atoms with E-state index in [1.807, 2.05) is 0 Å². The molecule has 7 aromatic carbocycles. The van der Waals surface area contributed by atoms with Gasteiger partial charge in [-0.15, -0.1) is 0 Å². The molecule has 0 unspecified atom stereocenters. The molecule has 0 saturated heterocycles. The first-order chi connectivity index (χ1) is 24.7. The summed E-state index contributed by atoms with van der Waals surface area (Å²) < 4.78 is 5.60. The van der Waals surface area contributed by atoms with Crippen molar-refractivity contribution >= 4 is 60.3 Å². The van der Waals surface area contributed by atoms with Gasteiger partial charge in [0.2, 0.25) is 28.7 Å². The van der Waals surface area contributed by atoms with Crippen LogP contribution in [0.2, 0.25) is 0 Å². The maximum Gasteiger partial charge on any atom is 0.208 e.